The van der Waals surface area contributed by atoms with Crippen LogP contribution in [0.15, 0.2) is 83.3 Å². The molecule has 1 aliphatic rings. The van der Waals surface area contributed by atoms with Crippen molar-refractivity contribution in [2.24, 2.45) is 0 Å². The van der Waals surface area contributed by atoms with Crippen molar-refractivity contribution in [2.75, 3.05) is 11.9 Å². The van der Waals surface area contributed by atoms with Crippen molar-refractivity contribution in [3.63, 3.8) is 0 Å². The number of nitrogens with one attached hydrogen (secondary N) is 1. The predicted octanol–water partition coefficient (Wildman–Crippen LogP) is 6.63. The van der Waals surface area contributed by atoms with E-state index in [1.165, 1.54) is 18.4 Å². The minimum Gasteiger partial charge on any atom is -0.489 e. The van der Waals surface area contributed by atoms with Gasteiger partial charge in [0.2, 0.25) is 0 Å². The Bertz CT molecular complexity index is 1150. The van der Waals surface area contributed by atoms with Gasteiger partial charge in [0.25, 0.3) is 0 Å². The molecule has 0 aliphatic carbocycles. The Morgan fingerprint density at radius 2 is 1.68 bits per heavy atom. The fraction of sp³-hybridized carbons (Fsp3) is 0.192. The van der Waals surface area contributed by atoms with Crippen molar-refractivity contribution in [3.05, 3.63) is 94.5 Å². The Balaban J connectivity index is 1.44. The van der Waals surface area contributed by atoms with Crippen molar-refractivity contribution >= 4 is 21.7 Å². The molecule has 5 rings (SSSR count). The molecule has 0 fully saturated rings. The standard InChI is InChI=1S/C26H24BrN3O/c27-21-11-9-20(10-12-21)25-24-8-4-5-17-28-26(24)30(29-25)22-13-15-23(16-14-22)31-18-19-6-2-1-3-7-19/h1-3,6-7,9-16,28H,4-5,8,17-18H2. The van der Waals surface area contributed by atoms with E-state index in [9.17, 15) is 0 Å². The first-order valence-corrected chi connectivity index (χ1v) is 11.5. The molecule has 3 aromatic carbocycles. The molecule has 0 unspecified atom stereocenters. The van der Waals surface area contributed by atoms with E-state index < -0.39 is 0 Å². The van der Waals surface area contributed by atoms with Gasteiger partial charge in [0.05, 0.1) is 11.4 Å². The molecular weight excluding hydrogens is 450 g/mol. The number of halogens is 1. The Morgan fingerprint density at radius 3 is 2.45 bits per heavy atom. The topological polar surface area (TPSA) is 39.1 Å². The molecule has 2 heterocycles. The predicted molar refractivity (Wildman–Crippen MR) is 129 cm³/mol. The van der Waals surface area contributed by atoms with Crippen LogP contribution in [-0.2, 0) is 13.0 Å². The van der Waals surface area contributed by atoms with E-state index in [2.05, 4.69) is 69.8 Å². The maximum atomic E-state index is 5.95. The Morgan fingerprint density at radius 1 is 0.903 bits per heavy atom. The van der Waals surface area contributed by atoms with Gasteiger partial charge >= 0.3 is 0 Å². The summed E-state index contributed by atoms with van der Waals surface area (Å²) in [6.07, 6.45) is 3.37. The van der Waals surface area contributed by atoms with Crippen LogP contribution in [0.5, 0.6) is 5.75 Å². The molecule has 5 heteroatoms. The summed E-state index contributed by atoms with van der Waals surface area (Å²) in [6, 6.07) is 26.8. The fourth-order valence-corrected chi connectivity index (χ4v) is 4.22. The molecule has 1 N–H and O–H groups in total. The maximum Gasteiger partial charge on any atom is 0.133 e. The average molecular weight is 474 g/mol. The van der Waals surface area contributed by atoms with Crippen molar-refractivity contribution in [1.82, 2.24) is 9.78 Å². The lowest BCUT2D eigenvalue weighted by Crippen LogP contribution is -2.07. The molecule has 4 nitrogen and oxygen atoms in total. The van der Waals surface area contributed by atoms with E-state index >= 15 is 0 Å². The second-order valence-corrected chi connectivity index (χ2v) is 8.66. The zero-order chi connectivity index (χ0) is 21.0. The number of aromatic nitrogens is 2. The highest BCUT2D eigenvalue weighted by Crippen LogP contribution is 2.34. The summed E-state index contributed by atoms with van der Waals surface area (Å²) in [5.74, 6) is 1.96. The number of nitrogens with zero attached hydrogens (tertiary/aromatic N) is 2. The molecule has 156 valence electrons. The van der Waals surface area contributed by atoms with Crippen LogP contribution in [0.25, 0.3) is 16.9 Å². The highest BCUT2D eigenvalue weighted by Gasteiger charge is 2.21. The molecule has 0 spiro atoms. The first-order valence-electron chi connectivity index (χ1n) is 10.7. The van der Waals surface area contributed by atoms with Crippen LogP contribution in [0.3, 0.4) is 0 Å². The highest BCUT2D eigenvalue weighted by atomic mass is 79.9. The lowest BCUT2D eigenvalue weighted by Gasteiger charge is -2.11. The summed E-state index contributed by atoms with van der Waals surface area (Å²) in [7, 11) is 0. The van der Waals surface area contributed by atoms with Crippen molar-refractivity contribution in [1.29, 1.82) is 0 Å². The van der Waals surface area contributed by atoms with Gasteiger partial charge in [-0.1, -0.05) is 58.4 Å². The molecule has 0 saturated carbocycles. The number of ether oxygens (including phenoxy) is 1. The third-order valence-electron chi connectivity index (χ3n) is 5.58. The summed E-state index contributed by atoms with van der Waals surface area (Å²) in [5, 5.41) is 8.64. The molecule has 1 aromatic heterocycles. The van der Waals surface area contributed by atoms with Crippen LogP contribution in [-0.4, -0.2) is 16.3 Å². The van der Waals surface area contributed by atoms with Gasteiger partial charge < -0.3 is 10.1 Å². The zero-order valence-electron chi connectivity index (χ0n) is 17.2. The molecule has 0 bridgehead atoms. The molecule has 31 heavy (non-hydrogen) atoms. The summed E-state index contributed by atoms with van der Waals surface area (Å²) in [5.41, 5.74) is 5.68. The van der Waals surface area contributed by atoms with E-state index in [-0.39, 0.29) is 0 Å². The number of hydrogen-bond donors (Lipinski definition) is 1. The van der Waals surface area contributed by atoms with Gasteiger partial charge in [-0.25, -0.2) is 4.68 Å². The van der Waals surface area contributed by atoms with Gasteiger partial charge in [-0.15, -0.1) is 0 Å². The summed E-state index contributed by atoms with van der Waals surface area (Å²) < 4.78 is 9.07. The minimum atomic E-state index is 0.562. The number of hydrogen-bond acceptors (Lipinski definition) is 3. The van der Waals surface area contributed by atoms with Gasteiger partial charge in [0, 0.05) is 22.1 Å². The van der Waals surface area contributed by atoms with Gasteiger partial charge in [0.1, 0.15) is 18.2 Å². The van der Waals surface area contributed by atoms with E-state index in [4.69, 9.17) is 9.84 Å². The van der Waals surface area contributed by atoms with E-state index in [1.54, 1.807) is 0 Å². The quantitative estimate of drug-likeness (QED) is 0.353. The van der Waals surface area contributed by atoms with Crippen LogP contribution in [0.1, 0.15) is 24.0 Å². The molecule has 4 aromatic rings. The normalized spacial score (nSPS) is 13.2. The Hall–Kier alpha value is -3.05. The van der Waals surface area contributed by atoms with Gasteiger partial charge in [-0.05, 0) is 61.2 Å². The van der Waals surface area contributed by atoms with E-state index in [1.807, 2.05) is 35.0 Å². The average Bonchev–Trinajstić information content (AvgIpc) is 3.00. The molecule has 0 radical (unpaired) electrons. The second kappa shape index (κ2) is 8.98. The smallest absolute Gasteiger partial charge is 0.133 e. The summed E-state index contributed by atoms with van der Waals surface area (Å²) in [4.78, 5) is 0. The first-order chi connectivity index (χ1) is 15.3. The summed E-state index contributed by atoms with van der Waals surface area (Å²) >= 11 is 3.53. The minimum absolute atomic E-state index is 0.562. The van der Waals surface area contributed by atoms with Crippen LogP contribution in [0.4, 0.5) is 5.82 Å². The van der Waals surface area contributed by atoms with Crippen molar-refractivity contribution in [2.45, 2.75) is 25.9 Å². The van der Waals surface area contributed by atoms with Crippen LogP contribution < -0.4 is 10.1 Å². The van der Waals surface area contributed by atoms with E-state index in [0.717, 1.165) is 51.5 Å². The Kier molecular flexibility index (Phi) is 5.76. The monoisotopic (exact) mass is 473 g/mol. The molecule has 1 aliphatic heterocycles. The third kappa shape index (κ3) is 4.37. The zero-order valence-corrected chi connectivity index (χ0v) is 18.8. The van der Waals surface area contributed by atoms with Crippen LogP contribution in [0.2, 0.25) is 0 Å². The first kappa shape index (κ1) is 19.9. The lowest BCUT2D eigenvalue weighted by atomic mass is 10.0. The molecule has 0 amide bonds. The van der Waals surface area contributed by atoms with Gasteiger partial charge in [0.15, 0.2) is 0 Å². The SMILES string of the molecule is Brc1ccc(-c2nn(-c3ccc(OCc4ccccc4)cc3)c3c2CCCCN3)cc1. The third-order valence-corrected chi connectivity index (χ3v) is 6.11. The maximum absolute atomic E-state index is 5.95. The van der Waals surface area contributed by atoms with Crippen molar-refractivity contribution in [3.8, 4) is 22.7 Å². The summed E-state index contributed by atoms with van der Waals surface area (Å²) in [6.45, 7) is 1.53. The number of rotatable bonds is 5. The van der Waals surface area contributed by atoms with E-state index in [0.29, 0.717) is 6.61 Å². The molecular formula is C26H24BrN3O. The number of anilines is 1. The van der Waals surface area contributed by atoms with Gasteiger partial charge in [-0.2, -0.15) is 5.10 Å². The number of fused-ring (bicyclic) bond motifs is 1. The molecule has 0 saturated heterocycles. The van der Waals surface area contributed by atoms with Crippen LogP contribution in [0, 0.1) is 0 Å². The van der Waals surface area contributed by atoms with Crippen molar-refractivity contribution < 1.29 is 4.74 Å². The largest absolute Gasteiger partial charge is 0.489 e. The number of benzene rings is 3. The second-order valence-electron chi connectivity index (χ2n) is 7.75. The highest BCUT2D eigenvalue weighted by molar-refractivity contribution is 9.10. The Labute approximate surface area is 191 Å². The molecule has 0 atom stereocenters. The fourth-order valence-electron chi connectivity index (χ4n) is 3.95. The lowest BCUT2D eigenvalue weighted by molar-refractivity contribution is 0.306. The van der Waals surface area contributed by atoms with Gasteiger partial charge in [-0.3, -0.25) is 0 Å². The van der Waals surface area contributed by atoms with Crippen LogP contribution >= 0.6 is 15.9 Å².